The predicted octanol–water partition coefficient (Wildman–Crippen LogP) is 3.68. The molecular formula is C22H22N2O4S2. The minimum absolute atomic E-state index is 0.0831. The molecule has 1 amide bonds. The highest BCUT2D eigenvalue weighted by molar-refractivity contribution is 7.99. The van der Waals surface area contributed by atoms with E-state index in [2.05, 4.69) is 10.0 Å². The molecule has 0 atom stereocenters. The van der Waals surface area contributed by atoms with E-state index in [9.17, 15) is 13.2 Å². The Morgan fingerprint density at radius 3 is 2.47 bits per heavy atom. The van der Waals surface area contributed by atoms with E-state index in [0.717, 1.165) is 16.2 Å². The van der Waals surface area contributed by atoms with Crippen molar-refractivity contribution in [1.29, 1.82) is 0 Å². The number of carbonyl (C=O) groups is 1. The minimum Gasteiger partial charge on any atom is -0.468 e. The summed E-state index contributed by atoms with van der Waals surface area (Å²) in [6, 6.07) is 19.7. The molecule has 156 valence electrons. The first kappa shape index (κ1) is 21.9. The normalized spacial score (nSPS) is 11.6. The summed E-state index contributed by atoms with van der Waals surface area (Å²) in [4.78, 5) is 13.2. The second-order valence-electron chi connectivity index (χ2n) is 6.26. The van der Waals surface area contributed by atoms with Crippen LogP contribution in [-0.2, 0) is 21.4 Å². The minimum atomic E-state index is -3.64. The van der Waals surface area contributed by atoms with Gasteiger partial charge in [0.15, 0.2) is 0 Å². The van der Waals surface area contributed by atoms with Crippen LogP contribution in [0.3, 0.4) is 0 Å². The van der Waals surface area contributed by atoms with E-state index in [1.54, 1.807) is 42.1 Å². The van der Waals surface area contributed by atoms with Crippen LogP contribution in [0.5, 0.6) is 0 Å². The molecule has 2 aromatic carbocycles. The Morgan fingerprint density at radius 2 is 1.77 bits per heavy atom. The number of furan rings is 1. The van der Waals surface area contributed by atoms with Crippen LogP contribution in [0.4, 0.5) is 0 Å². The quantitative estimate of drug-likeness (QED) is 0.284. The summed E-state index contributed by atoms with van der Waals surface area (Å²) in [5, 5.41) is 2.83. The predicted molar refractivity (Wildman–Crippen MR) is 118 cm³/mol. The summed E-state index contributed by atoms with van der Waals surface area (Å²) >= 11 is 1.68. The molecular weight excluding hydrogens is 420 g/mol. The van der Waals surface area contributed by atoms with Crippen molar-refractivity contribution in [3.63, 3.8) is 0 Å². The van der Waals surface area contributed by atoms with Gasteiger partial charge in [0.05, 0.1) is 17.7 Å². The number of amides is 1. The first-order chi connectivity index (χ1) is 14.5. The Labute approximate surface area is 180 Å². The van der Waals surface area contributed by atoms with Crippen molar-refractivity contribution in [2.24, 2.45) is 0 Å². The fourth-order valence-electron chi connectivity index (χ4n) is 2.51. The number of nitrogens with one attached hydrogen (secondary N) is 2. The monoisotopic (exact) mass is 442 g/mol. The van der Waals surface area contributed by atoms with Gasteiger partial charge in [0.1, 0.15) is 5.76 Å². The summed E-state index contributed by atoms with van der Waals surface area (Å²) in [7, 11) is -3.64. The third kappa shape index (κ3) is 6.91. The molecule has 0 saturated heterocycles. The van der Waals surface area contributed by atoms with Crippen LogP contribution < -0.4 is 10.0 Å². The molecule has 1 aromatic heterocycles. The molecule has 6 nitrogen and oxygen atoms in total. The number of sulfonamides is 1. The average molecular weight is 443 g/mol. The maximum atomic E-state index is 12.3. The van der Waals surface area contributed by atoms with Crippen LogP contribution >= 0.6 is 11.8 Å². The molecule has 30 heavy (non-hydrogen) atoms. The van der Waals surface area contributed by atoms with Crippen LogP contribution in [0.25, 0.3) is 6.08 Å². The maximum absolute atomic E-state index is 12.3. The second kappa shape index (κ2) is 10.8. The number of benzene rings is 2. The molecule has 0 spiro atoms. The average Bonchev–Trinajstić information content (AvgIpc) is 3.29. The van der Waals surface area contributed by atoms with E-state index in [-0.39, 0.29) is 17.3 Å². The summed E-state index contributed by atoms with van der Waals surface area (Å²) in [5.41, 5.74) is 0.730. The summed E-state index contributed by atoms with van der Waals surface area (Å²) < 4.78 is 32.2. The molecule has 3 rings (SSSR count). The lowest BCUT2D eigenvalue weighted by molar-refractivity contribution is -0.116. The Balaban J connectivity index is 1.44. The van der Waals surface area contributed by atoms with E-state index < -0.39 is 10.0 Å². The Hall–Kier alpha value is -2.81. The van der Waals surface area contributed by atoms with Gasteiger partial charge in [-0.3, -0.25) is 4.79 Å². The zero-order valence-corrected chi connectivity index (χ0v) is 17.8. The van der Waals surface area contributed by atoms with Gasteiger partial charge >= 0.3 is 0 Å². The number of hydrogen-bond acceptors (Lipinski definition) is 5. The van der Waals surface area contributed by atoms with Gasteiger partial charge in [-0.25, -0.2) is 13.1 Å². The molecule has 0 fully saturated rings. The Kier molecular flexibility index (Phi) is 7.89. The van der Waals surface area contributed by atoms with Crippen molar-refractivity contribution in [1.82, 2.24) is 10.0 Å². The van der Waals surface area contributed by atoms with Gasteiger partial charge in [0.25, 0.3) is 0 Å². The first-order valence-electron chi connectivity index (χ1n) is 9.29. The summed E-state index contributed by atoms with van der Waals surface area (Å²) in [6.45, 7) is 0.640. The Morgan fingerprint density at radius 1 is 1.00 bits per heavy atom. The van der Waals surface area contributed by atoms with Crippen molar-refractivity contribution < 1.29 is 17.6 Å². The van der Waals surface area contributed by atoms with Gasteiger partial charge in [-0.2, -0.15) is 0 Å². The fourth-order valence-corrected chi connectivity index (χ4v) is 4.29. The maximum Gasteiger partial charge on any atom is 0.244 e. The molecule has 1 heterocycles. The van der Waals surface area contributed by atoms with Gasteiger partial charge in [-0.15, -0.1) is 11.8 Å². The highest BCUT2D eigenvalue weighted by Crippen LogP contribution is 2.16. The van der Waals surface area contributed by atoms with Crippen LogP contribution in [0.15, 0.2) is 93.3 Å². The van der Waals surface area contributed by atoms with E-state index >= 15 is 0 Å². The van der Waals surface area contributed by atoms with Crippen molar-refractivity contribution >= 4 is 33.8 Å². The van der Waals surface area contributed by atoms with E-state index in [1.165, 1.54) is 24.5 Å². The SMILES string of the molecule is O=C(/C=C\c1ccc(S(=O)(=O)NCc2ccco2)cc1)NCCSc1ccccc1. The number of thioether (sulfide) groups is 1. The summed E-state index contributed by atoms with van der Waals surface area (Å²) in [6.07, 6.45) is 4.57. The van der Waals surface area contributed by atoms with Crippen LogP contribution in [0, 0.1) is 0 Å². The molecule has 2 N–H and O–H groups in total. The van der Waals surface area contributed by atoms with E-state index in [0.29, 0.717) is 12.3 Å². The summed E-state index contributed by atoms with van der Waals surface area (Å²) in [5.74, 6) is 1.12. The van der Waals surface area contributed by atoms with Crippen molar-refractivity contribution in [2.75, 3.05) is 12.3 Å². The standard InChI is InChI=1S/C22H22N2O4S2/c25-22(23-14-16-29-20-6-2-1-3-7-20)13-10-18-8-11-21(12-9-18)30(26,27)24-17-19-5-4-15-28-19/h1-13,15,24H,14,16-17H2,(H,23,25)/b13-10-. The van der Waals surface area contributed by atoms with Gasteiger partial charge in [0.2, 0.25) is 15.9 Å². The van der Waals surface area contributed by atoms with Gasteiger partial charge in [-0.1, -0.05) is 30.3 Å². The largest absolute Gasteiger partial charge is 0.468 e. The van der Waals surface area contributed by atoms with E-state index in [1.807, 2.05) is 30.3 Å². The smallest absolute Gasteiger partial charge is 0.244 e. The Bertz CT molecular complexity index is 1060. The molecule has 0 aliphatic heterocycles. The van der Waals surface area contributed by atoms with Crippen LogP contribution in [0.1, 0.15) is 11.3 Å². The topological polar surface area (TPSA) is 88.4 Å². The lowest BCUT2D eigenvalue weighted by Crippen LogP contribution is -2.23. The molecule has 0 unspecified atom stereocenters. The lowest BCUT2D eigenvalue weighted by atomic mass is 10.2. The lowest BCUT2D eigenvalue weighted by Gasteiger charge is -2.06. The van der Waals surface area contributed by atoms with E-state index in [4.69, 9.17) is 4.42 Å². The van der Waals surface area contributed by atoms with Crippen molar-refractivity contribution in [3.05, 3.63) is 90.4 Å². The number of hydrogen-bond donors (Lipinski definition) is 2. The zero-order valence-electron chi connectivity index (χ0n) is 16.2. The molecule has 0 aliphatic rings. The molecule has 0 saturated carbocycles. The van der Waals surface area contributed by atoms with Crippen molar-refractivity contribution in [3.8, 4) is 0 Å². The van der Waals surface area contributed by atoms with Gasteiger partial charge in [-0.05, 0) is 48.0 Å². The molecule has 8 heteroatoms. The van der Waals surface area contributed by atoms with Crippen molar-refractivity contribution in [2.45, 2.75) is 16.3 Å². The fraction of sp³-hybridized carbons (Fsp3) is 0.136. The number of carbonyl (C=O) groups excluding carboxylic acids is 1. The highest BCUT2D eigenvalue weighted by Gasteiger charge is 2.13. The molecule has 3 aromatic rings. The first-order valence-corrected chi connectivity index (χ1v) is 11.8. The number of rotatable bonds is 10. The second-order valence-corrected chi connectivity index (χ2v) is 9.19. The zero-order chi connectivity index (χ0) is 21.2. The molecule has 0 aliphatic carbocycles. The van der Waals surface area contributed by atoms with Gasteiger partial charge < -0.3 is 9.73 Å². The van der Waals surface area contributed by atoms with Crippen LogP contribution in [-0.4, -0.2) is 26.6 Å². The molecule has 0 radical (unpaired) electrons. The highest BCUT2D eigenvalue weighted by atomic mass is 32.2. The molecule has 0 bridgehead atoms. The third-order valence-electron chi connectivity index (χ3n) is 4.05. The van der Waals surface area contributed by atoms with Gasteiger partial charge in [0, 0.05) is 23.3 Å². The van der Waals surface area contributed by atoms with Crippen LogP contribution in [0.2, 0.25) is 0 Å². The third-order valence-corrected chi connectivity index (χ3v) is 6.48.